The van der Waals surface area contributed by atoms with Crippen molar-refractivity contribution in [2.75, 3.05) is 18.5 Å². The van der Waals surface area contributed by atoms with E-state index in [1.807, 2.05) is 62.4 Å². The molecule has 1 amide bonds. The summed E-state index contributed by atoms with van der Waals surface area (Å²) in [6.45, 7) is 8.18. The van der Waals surface area contributed by atoms with E-state index in [4.69, 9.17) is 14.5 Å². The number of esters is 1. The number of carbonyl (C=O) groups excluding carboxylic acids is 2. The van der Waals surface area contributed by atoms with Gasteiger partial charge >= 0.3 is 5.97 Å². The fraction of sp³-hybridized carbons (Fsp3) is 0.286. The largest absolute Gasteiger partial charge is 0.493 e. The van der Waals surface area contributed by atoms with Crippen molar-refractivity contribution in [3.8, 4) is 11.6 Å². The quantitative estimate of drug-likeness (QED) is 0.327. The molecule has 186 valence electrons. The number of benzene rings is 2. The third-order valence-corrected chi connectivity index (χ3v) is 5.90. The van der Waals surface area contributed by atoms with Crippen LogP contribution in [-0.4, -0.2) is 39.9 Å². The first-order chi connectivity index (χ1) is 17.4. The van der Waals surface area contributed by atoms with Gasteiger partial charge in [0.05, 0.1) is 31.3 Å². The van der Waals surface area contributed by atoms with E-state index in [9.17, 15) is 9.59 Å². The van der Waals surface area contributed by atoms with Gasteiger partial charge in [-0.25, -0.2) is 9.78 Å². The fourth-order valence-corrected chi connectivity index (χ4v) is 3.93. The van der Waals surface area contributed by atoms with E-state index in [0.717, 1.165) is 28.5 Å². The lowest BCUT2D eigenvalue weighted by Crippen LogP contribution is -2.20. The second kappa shape index (κ2) is 11.0. The number of pyridine rings is 1. The molecule has 0 bridgehead atoms. The highest BCUT2D eigenvalue weighted by Crippen LogP contribution is 2.26. The second-order valence-corrected chi connectivity index (χ2v) is 8.45. The topological polar surface area (TPSA) is 95.3 Å². The van der Waals surface area contributed by atoms with Crippen molar-refractivity contribution < 1.29 is 19.1 Å². The maximum absolute atomic E-state index is 12.8. The highest BCUT2D eigenvalue weighted by molar-refractivity contribution is 6.00. The van der Waals surface area contributed by atoms with E-state index in [1.54, 1.807) is 6.92 Å². The van der Waals surface area contributed by atoms with Crippen molar-refractivity contribution in [3.05, 3.63) is 77.0 Å². The molecule has 2 heterocycles. The first-order valence-corrected chi connectivity index (χ1v) is 12.0. The molecule has 0 aliphatic heterocycles. The maximum Gasteiger partial charge on any atom is 0.343 e. The van der Waals surface area contributed by atoms with Crippen LogP contribution in [0.4, 0.5) is 5.82 Å². The van der Waals surface area contributed by atoms with Crippen molar-refractivity contribution in [2.24, 2.45) is 0 Å². The summed E-state index contributed by atoms with van der Waals surface area (Å²) in [5.74, 6) is 0.516. The van der Waals surface area contributed by atoms with Crippen LogP contribution in [-0.2, 0) is 16.0 Å². The SMILES string of the molecule is CCOC(=O)c1cnn(-c2cc(C)c3cccc(C)c3n2)c1NC(=O)CCOc1ccc(CC)cc1. The van der Waals surface area contributed by atoms with Crippen LogP contribution >= 0.6 is 0 Å². The molecule has 0 aliphatic carbocycles. The molecule has 0 aliphatic rings. The average Bonchev–Trinajstić information content (AvgIpc) is 3.28. The van der Waals surface area contributed by atoms with E-state index in [-0.39, 0.29) is 36.9 Å². The minimum atomic E-state index is -0.569. The highest BCUT2D eigenvalue weighted by atomic mass is 16.5. The van der Waals surface area contributed by atoms with E-state index in [0.29, 0.717) is 11.6 Å². The van der Waals surface area contributed by atoms with Crippen molar-refractivity contribution >= 4 is 28.6 Å². The summed E-state index contributed by atoms with van der Waals surface area (Å²) >= 11 is 0. The Labute approximate surface area is 210 Å². The summed E-state index contributed by atoms with van der Waals surface area (Å²) < 4.78 is 12.4. The monoisotopic (exact) mass is 486 g/mol. The molecule has 0 saturated carbocycles. The van der Waals surface area contributed by atoms with Gasteiger partial charge in [-0.2, -0.15) is 9.78 Å². The number of ether oxygens (including phenoxy) is 2. The van der Waals surface area contributed by atoms with Gasteiger partial charge < -0.3 is 14.8 Å². The van der Waals surface area contributed by atoms with Gasteiger partial charge in [0.15, 0.2) is 11.6 Å². The van der Waals surface area contributed by atoms with Crippen molar-refractivity contribution in [3.63, 3.8) is 0 Å². The lowest BCUT2D eigenvalue weighted by molar-refractivity contribution is -0.116. The zero-order valence-electron chi connectivity index (χ0n) is 21.0. The minimum Gasteiger partial charge on any atom is -0.493 e. The van der Waals surface area contributed by atoms with E-state index >= 15 is 0 Å². The van der Waals surface area contributed by atoms with Gasteiger partial charge in [0.25, 0.3) is 0 Å². The van der Waals surface area contributed by atoms with Gasteiger partial charge in [0, 0.05) is 5.39 Å². The lowest BCUT2D eigenvalue weighted by atomic mass is 10.1. The Balaban J connectivity index is 1.58. The summed E-state index contributed by atoms with van der Waals surface area (Å²) in [7, 11) is 0. The molecule has 2 aromatic heterocycles. The molecule has 8 heteroatoms. The molecule has 2 aromatic carbocycles. The van der Waals surface area contributed by atoms with Crippen LogP contribution in [0.5, 0.6) is 5.75 Å². The molecule has 8 nitrogen and oxygen atoms in total. The molecular weight excluding hydrogens is 456 g/mol. The number of hydrogen-bond acceptors (Lipinski definition) is 6. The summed E-state index contributed by atoms with van der Waals surface area (Å²) in [5.41, 5.74) is 4.23. The van der Waals surface area contributed by atoms with E-state index < -0.39 is 5.97 Å². The molecule has 0 fully saturated rings. The number of nitrogens with one attached hydrogen (secondary N) is 1. The highest BCUT2D eigenvalue weighted by Gasteiger charge is 2.22. The Bertz CT molecular complexity index is 1390. The van der Waals surface area contributed by atoms with Crippen molar-refractivity contribution in [2.45, 2.75) is 40.5 Å². The molecular formula is C28H30N4O4. The Hall–Kier alpha value is -4.20. The van der Waals surface area contributed by atoms with Crippen molar-refractivity contribution in [1.29, 1.82) is 0 Å². The Kier molecular flexibility index (Phi) is 7.63. The molecule has 4 rings (SSSR count). The number of aryl methyl sites for hydroxylation is 3. The third kappa shape index (κ3) is 5.38. The van der Waals surface area contributed by atoms with E-state index in [2.05, 4.69) is 17.3 Å². The normalized spacial score (nSPS) is 10.9. The molecule has 36 heavy (non-hydrogen) atoms. The predicted octanol–water partition coefficient (Wildman–Crippen LogP) is 5.18. The number of aromatic nitrogens is 3. The Morgan fingerprint density at radius 1 is 1.03 bits per heavy atom. The van der Waals surface area contributed by atoms with Gasteiger partial charge in [-0.05, 0) is 62.1 Å². The van der Waals surface area contributed by atoms with Gasteiger partial charge in [0.1, 0.15) is 11.3 Å². The van der Waals surface area contributed by atoms with Crippen LogP contribution in [0.3, 0.4) is 0 Å². The molecule has 0 saturated heterocycles. The average molecular weight is 487 g/mol. The van der Waals surface area contributed by atoms with Gasteiger partial charge in [-0.1, -0.05) is 37.3 Å². The number of anilines is 1. The van der Waals surface area contributed by atoms with Crippen LogP contribution in [0, 0.1) is 13.8 Å². The number of nitrogens with zero attached hydrogens (tertiary/aromatic N) is 3. The number of rotatable bonds is 9. The smallest absolute Gasteiger partial charge is 0.343 e. The number of carbonyl (C=O) groups is 2. The summed E-state index contributed by atoms with van der Waals surface area (Å²) in [6.07, 6.45) is 2.43. The first-order valence-electron chi connectivity index (χ1n) is 12.0. The second-order valence-electron chi connectivity index (χ2n) is 8.45. The number of fused-ring (bicyclic) bond motifs is 1. The Morgan fingerprint density at radius 3 is 2.53 bits per heavy atom. The summed E-state index contributed by atoms with van der Waals surface area (Å²) in [5, 5.41) is 8.23. The molecule has 0 radical (unpaired) electrons. The van der Waals surface area contributed by atoms with Crippen LogP contribution in [0.2, 0.25) is 0 Å². The summed E-state index contributed by atoms with van der Waals surface area (Å²) in [6, 6.07) is 15.7. The molecule has 4 aromatic rings. The molecule has 0 atom stereocenters. The zero-order chi connectivity index (χ0) is 25.7. The molecule has 0 unspecified atom stereocenters. The van der Waals surface area contributed by atoms with Crippen LogP contribution in [0.25, 0.3) is 16.7 Å². The van der Waals surface area contributed by atoms with Crippen LogP contribution in [0.15, 0.2) is 54.7 Å². The minimum absolute atomic E-state index is 0.0895. The lowest BCUT2D eigenvalue weighted by Gasteiger charge is -2.13. The third-order valence-electron chi connectivity index (χ3n) is 5.90. The predicted molar refractivity (Wildman–Crippen MR) is 139 cm³/mol. The summed E-state index contributed by atoms with van der Waals surface area (Å²) in [4.78, 5) is 30.2. The Morgan fingerprint density at radius 2 is 1.81 bits per heavy atom. The number of hydrogen-bond donors (Lipinski definition) is 1. The first kappa shape index (κ1) is 24.9. The number of amides is 1. The van der Waals surface area contributed by atoms with E-state index in [1.165, 1.54) is 16.4 Å². The zero-order valence-corrected chi connectivity index (χ0v) is 21.0. The molecule has 1 N–H and O–H groups in total. The standard InChI is InChI=1S/C28H30N4O4/c1-5-20-10-12-21(13-11-20)36-15-14-25(33)31-27-23(28(34)35-6-2)17-29-32(27)24-16-19(4)22-9-7-8-18(3)26(22)30-24/h7-13,16-17H,5-6,14-15H2,1-4H3,(H,31,33). The van der Waals surface area contributed by atoms with Gasteiger partial charge in [-0.15, -0.1) is 0 Å². The van der Waals surface area contributed by atoms with Crippen molar-refractivity contribution in [1.82, 2.24) is 14.8 Å². The fourth-order valence-electron chi connectivity index (χ4n) is 3.93. The van der Waals surface area contributed by atoms with Gasteiger partial charge in [-0.3, -0.25) is 4.79 Å². The maximum atomic E-state index is 12.8. The molecule has 0 spiro atoms. The number of para-hydroxylation sites is 1. The van der Waals surface area contributed by atoms with Crippen LogP contribution < -0.4 is 10.1 Å². The van der Waals surface area contributed by atoms with Crippen LogP contribution in [0.1, 0.15) is 47.3 Å². The van der Waals surface area contributed by atoms with Gasteiger partial charge in [0.2, 0.25) is 5.91 Å².